The van der Waals surface area contributed by atoms with Crippen LogP contribution >= 0.6 is 0 Å². The third-order valence-electron chi connectivity index (χ3n) is 4.13. The third kappa shape index (κ3) is 2.84. The van der Waals surface area contributed by atoms with E-state index < -0.39 is 11.9 Å². The van der Waals surface area contributed by atoms with Crippen molar-refractivity contribution in [1.82, 2.24) is 10.2 Å². The lowest BCUT2D eigenvalue weighted by molar-refractivity contribution is -0.141. The van der Waals surface area contributed by atoms with Crippen LogP contribution in [0.2, 0.25) is 0 Å². The van der Waals surface area contributed by atoms with E-state index in [4.69, 9.17) is 9.84 Å². The Labute approximate surface area is 126 Å². The van der Waals surface area contributed by atoms with Crippen LogP contribution in [-0.2, 0) is 4.79 Å². The van der Waals surface area contributed by atoms with Crippen molar-refractivity contribution in [1.29, 1.82) is 0 Å². The first-order valence-electron chi connectivity index (χ1n) is 7.25. The van der Waals surface area contributed by atoms with Crippen molar-refractivity contribution in [2.45, 2.75) is 18.9 Å². The number of likely N-dealkylation sites (tertiary alicyclic amines) is 1. The number of carbonyl (C=O) groups is 2. The highest BCUT2D eigenvalue weighted by Gasteiger charge is 2.32. The average molecular weight is 308 g/mol. The van der Waals surface area contributed by atoms with Crippen molar-refractivity contribution in [3.63, 3.8) is 0 Å². The number of fused-ring (bicyclic) bond motifs is 1. The molecule has 0 bridgehead atoms. The summed E-state index contributed by atoms with van der Waals surface area (Å²) in [5.41, 5.74) is 0.619. The normalized spacial score (nSPS) is 23.6. The summed E-state index contributed by atoms with van der Waals surface area (Å²) in [6.07, 6.45) is 1.01. The topological polar surface area (TPSA) is 78.9 Å². The molecule has 118 valence electrons. The van der Waals surface area contributed by atoms with Crippen LogP contribution in [0, 0.1) is 11.7 Å². The first-order chi connectivity index (χ1) is 10.5. The number of carbonyl (C=O) groups excluding carboxylic acids is 1. The average Bonchev–Trinajstić information content (AvgIpc) is 2.98. The molecule has 2 amide bonds. The van der Waals surface area contributed by atoms with Crippen LogP contribution in [0.25, 0.3) is 0 Å². The lowest BCUT2D eigenvalue weighted by Crippen LogP contribution is -2.42. The summed E-state index contributed by atoms with van der Waals surface area (Å²) in [4.78, 5) is 24.7. The van der Waals surface area contributed by atoms with Gasteiger partial charge in [0.1, 0.15) is 11.6 Å². The Morgan fingerprint density at radius 3 is 2.91 bits per heavy atom. The van der Waals surface area contributed by atoms with E-state index in [1.807, 2.05) is 0 Å². The minimum Gasteiger partial charge on any atom is -0.493 e. The summed E-state index contributed by atoms with van der Waals surface area (Å²) < 4.78 is 18.9. The summed E-state index contributed by atoms with van der Waals surface area (Å²) in [6.45, 7) is 1.07. The van der Waals surface area contributed by atoms with Gasteiger partial charge in [-0.2, -0.15) is 0 Å². The van der Waals surface area contributed by atoms with Crippen molar-refractivity contribution in [2.75, 3.05) is 19.7 Å². The highest BCUT2D eigenvalue weighted by Crippen LogP contribution is 2.32. The zero-order valence-corrected chi connectivity index (χ0v) is 11.9. The maximum Gasteiger partial charge on any atom is 0.317 e. The largest absolute Gasteiger partial charge is 0.493 e. The van der Waals surface area contributed by atoms with Crippen molar-refractivity contribution in [2.24, 2.45) is 5.92 Å². The molecule has 3 rings (SSSR count). The summed E-state index contributed by atoms with van der Waals surface area (Å²) in [6, 6.07) is 3.60. The molecule has 1 saturated heterocycles. The van der Waals surface area contributed by atoms with Crippen molar-refractivity contribution >= 4 is 12.0 Å². The zero-order valence-electron chi connectivity index (χ0n) is 11.9. The maximum absolute atomic E-state index is 13.4. The highest BCUT2D eigenvalue weighted by molar-refractivity contribution is 5.77. The Balaban J connectivity index is 1.68. The summed E-state index contributed by atoms with van der Waals surface area (Å²) in [7, 11) is 0. The summed E-state index contributed by atoms with van der Waals surface area (Å²) in [5, 5.41) is 11.8. The molecule has 2 aliphatic rings. The number of nitrogens with one attached hydrogen (secondary N) is 1. The fourth-order valence-electron chi connectivity index (χ4n) is 2.90. The Kier molecular flexibility index (Phi) is 3.87. The molecule has 2 aliphatic heterocycles. The second-order valence-electron chi connectivity index (χ2n) is 5.59. The third-order valence-corrected chi connectivity index (χ3v) is 4.13. The van der Waals surface area contributed by atoms with Gasteiger partial charge in [-0.1, -0.05) is 0 Å². The minimum absolute atomic E-state index is 0.209. The molecule has 2 N–H and O–H groups in total. The molecule has 2 atom stereocenters. The number of ether oxygens (including phenoxy) is 1. The number of nitrogens with zero attached hydrogens (tertiary/aromatic N) is 1. The molecule has 7 heteroatoms. The summed E-state index contributed by atoms with van der Waals surface area (Å²) >= 11 is 0. The number of rotatable bonds is 2. The van der Waals surface area contributed by atoms with Gasteiger partial charge in [-0.15, -0.1) is 0 Å². The van der Waals surface area contributed by atoms with Crippen LogP contribution < -0.4 is 10.1 Å². The standard InChI is InChI=1S/C15H17FN2O4/c16-10-1-2-13-11(7-10)12(4-6-22-13)17-15(21)18-5-3-9(8-18)14(19)20/h1-2,7,9,12H,3-6,8H2,(H,17,21)(H,19,20). The Morgan fingerprint density at radius 1 is 1.36 bits per heavy atom. The van der Waals surface area contributed by atoms with Gasteiger partial charge in [0.2, 0.25) is 0 Å². The first kappa shape index (κ1) is 14.6. The molecule has 0 aromatic heterocycles. The Morgan fingerprint density at radius 2 is 2.18 bits per heavy atom. The number of aliphatic carboxylic acids is 1. The number of carboxylic acids is 1. The fourth-order valence-corrected chi connectivity index (χ4v) is 2.90. The lowest BCUT2D eigenvalue weighted by atomic mass is 10.0. The molecule has 0 saturated carbocycles. The van der Waals surface area contributed by atoms with Crippen molar-refractivity contribution < 1.29 is 23.8 Å². The van der Waals surface area contributed by atoms with E-state index in [0.717, 1.165) is 0 Å². The molecule has 6 nitrogen and oxygen atoms in total. The predicted molar refractivity (Wildman–Crippen MR) is 75.1 cm³/mol. The molecule has 1 aromatic carbocycles. The van der Waals surface area contributed by atoms with E-state index in [1.54, 1.807) is 6.07 Å². The molecule has 1 fully saturated rings. The van der Waals surface area contributed by atoms with E-state index in [-0.39, 0.29) is 24.4 Å². The van der Waals surface area contributed by atoms with Crippen LogP contribution in [0.5, 0.6) is 5.75 Å². The van der Waals surface area contributed by atoms with Crippen LogP contribution in [0.1, 0.15) is 24.4 Å². The van der Waals surface area contributed by atoms with E-state index in [2.05, 4.69) is 5.32 Å². The molecule has 1 aromatic rings. The number of benzene rings is 1. The number of amides is 2. The summed E-state index contributed by atoms with van der Waals surface area (Å²) in [5.74, 6) is -1.20. The molecule has 2 heterocycles. The SMILES string of the molecule is O=C(O)C1CCN(C(=O)NC2CCOc3ccc(F)cc32)C1. The maximum atomic E-state index is 13.4. The fraction of sp³-hybridized carbons (Fsp3) is 0.467. The second-order valence-corrected chi connectivity index (χ2v) is 5.59. The van der Waals surface area contributed by atoms with Crippen LogP contribution in [0.3, 0.4) is 0 Å². The van der Waals surface area contributed by atoms with Gasteiger partial charge in [-0.3, -0.25) is 4.79 Å². The van der Waals surface area contributed by atoms with E-state index in [0.29, 0.717) is 37.3 Å². The van der Waals surface area contributed by atoms with Gasteiger partial charge in [-0.05, 0) is 24.6 Å². The molecular weight excluding hydrogens is 291 g/mol. The number of halogens is 1. The molecule has 0 spiro atoms. The Hall–Kier alpha value is -2.31. The zero-order chi connectivity index (χ0) is 15.7. The van der Waals surface area contributed by atoms with Gasteiger partial charge in [0, 0.05) is 25.1 Å². The van der Waals surface area contributed by atoms with Gasteiger partial charge < -0.3 is 20.1 Å². The smallest absolute Gasteiger partial charge is 0.317 e. The number of hydrogen-bond donors (Lipinski definition) is 2. The van der Waals surface area contributed by atoms with Gasteiger partial charge in [-0.25, -0.2) is 9.18 Å². The molecule has 0 aliphatic carbocycles. The van der Waals surface area contributed by atoms with Crippen LogP contribution in [-0.4, -0.2) is 41.7 Å². The molecule has 0 radical (unpaired) electrons. The van der Waals surface area contributed by atoms with Crippen molar-refractivity contribution in [3.05, 3.63) is 29.6 Å². The Bertz CT molecular complexity index is 607. The lowest BCUT2D eigenvalue weighted by Gasteiger charge is -2.28. The van der Waals surface area contributed by atoms with E-state index in [9.17, 15) is 14.0 Å². The van der Waals surface area contributed by atoms with Gasteiger partial charge >= 0.3 is 12.0 Å². The molecular formula is C15H17FN2O4. The minimum atomic E-state index is -0.881. The number of carboxylic acid groups (broad SMARTS) is 1. The second kappa shape index (κ2) is 5.82. The molecule has 22 heavy (non-hydrogen) atoms. The monoisotopic (exact) mass is 308 g/mol. The predicted octanol–water partition coefficient (Wildman–Crippen LogP) is 1.77. The van der Waals surface area contributed by atoms with Crippen molar-refractivity contribution in [3.8, 4) is 5.75 Å². The quantitative estimate of drug-likeness (QED) is 0.872. The highest BCUT2D eigenvalue weighted by atomic mass is 19.1. The van der Waals surface area contributed by atoms with Crippen LogP contribution in [0.15, 0.2) is 18.2 Å². The first-order valence-corrected chi connectivity index (χ1v) is 7.25. The van der Waals surface area contributed by atoms with Gasteiger partial charge in [0.25, 0.3) is 0 Å². The van der Waals surface area contributed by atoms with Gasteiger partial charge in [0.05, 0.1) is 18.6 Å². The molecule has 2 unspecified atom stereocenters. The van der Waals surface area contributed by atoms with Crippen LogP contribution in [0.4, 0.5) is 9.18 Å². The number of hydrogen-bond acceptors (Lipinski definition) is 3. The van der Waals surface area contributed by atoms with Gasteiger partial charge in [0.15, 0.2) is 0 Å². The van der Waals surface area contributed by atoms with E-state index >= 15 is 0 Å². The van der Waals surface area contributed by atoms with E-state index in [1.165, 1.54) is 17.0 Å². The number of urea groups is 1.